The van der Waals surface area contributed by atoms with Crippen LogP contribution in [-0.2, 0) is 26.5 Å². The highest BCUT2D eigenvalue weighted by Gasteiger charge is 2.44. The van der Waals surface area contributed by atoms with Crippen molar-refractivity contribution in [2.45, 2.75) is 63.1 Å². The molecule has 2 aromatic rings. The zero-order chi connectivity index (χ0) is 36.8. The molecule has 1 spiro atoms. The summed E-state index contributed by atoms with van der Waals surface area (Å²) in [6.07, 6.45) is 7.37. The van der Waals surface area contributed by atoms with Crippen LogP contribution in [0.3, 0.4) is 0 Å². The second-order valence-electron chi connectivity index (χ2n) is 15.5. The van der Waals surface area contributed by atoms with E-state index in [2.05, 4.69) is 26.1 Å². The molecular weight excluding hydrogens is 706 g/mol. The second-order valence-corrected chi connectivity index (χ2v) is 17.9. The van der Waals surface area contributed by atoms with E-state index in [0.717, 1.165) is 37.8 Å². The number of carbonyl (C=O) groups excluding carboxylic acids is 3. The standard InChI is InChI=1S/C38H48ClN5O7S/c1-24-6-4-8-33(45)30-12-9-27(30)18-44-22-38(15-5-7-25-16-28(39)11-13-31(25)38)23-50-34-14-10-26(17-32(34)44)35(46)40-52(49,21-24)41-36(47)43-19-29(20-43)51-37(48)42(2)3/h4,8,10-11,13-14,16-17,24,27,29-30,33,45H,5-7,9,12,15,18-23H2,1-3H3,(H,40,41,46,47,49)/b8-4+/t24-,27-,30+,33-,38-,52-/m0/s1. The SMILES string of the molecule is C[C@H]1C/C=C/[C@H](O)[C@@H]2CC[C@H]2CN2C[C@@]3(CCCc4cc(Cl)ccc43)COc3ccc(cc32)C(=O)N=[S@](=O)(NC(=O)N2CC(OC(=O)N(C)C)C2)C1. The summed E-state index contributed by atoms with van der Waals surface area (Å²) >= 11 is 6.43. The van der Waals surface area contributed by atoms with Crippen molar-refractivity contribution in [1.29, 1.82) is 0 Å². The molecule has 14 heteroatoms. The van der Waals surface area contributed by atoms with Crippen molar-refractivity contribution in [2.24, 2.45) is 22.1 Å². The van der Waals surface area contributed by atoms with Crippen LogP contribution in [0.1, 0.15) is 60.5 Å². The van der Waals surface area contributed by atoms with Crippen LogP contribution in [0.5, 0.6) is 5.75 Å². The minimum atomic E-state index is -3.60. The van der Waals surface area contributed by atoms with Crippen molar-refractivity contribution in [1.82, 2.24) is 14.5 Å². The van der Waals surface area contributed by atoms with Crippen LogP contribution < -0.4 is 14.4 Å². The highest BCUT2D eigenvalue weighted by molar-refractivity contribution is 7.92. The predicted molar refractivity (Wildman–Crippen MR) is 199 cm³/mol. The molecule has 4 amide bonds. The number of amides is 4. The van der Waals surface area contributed by atoms with E-state index >= 15 is 0 Å². The van der Waals surface area contributed by atoms with Gasteiger partial charge >= 0.3 is 12.1 Å². The number of carbonyl (C=O) groups is 3. The summed E-state index contributed by atoms with van der Waals surface area (Å²) in [6.45, 7) is 3.94. The summed E-state index contributed by atoms with van der Waals surface area (Å²) in [6, 6.07) is 10.7. The van der Waals surface area contributed by atoms with E-state index < -0.39 is 40.2 Å². The molecule has 1 saturated carbocycles. The van der Waals surface area contributed by atoms with Crippen LogP contribution in [0.4, 0.5) is 15.3 Å². The third-order valence-corrected chi connectivity index (χ3v) is 13.5. The number of nitrogens with one attached hydrogen (secondary N) is 1. The average molecular weight is 754 g/mol. The Balaban J connectivity index is 1.21. The number of urea groups is 1. The summed E-state index contributed by atoms with van der Waals surface area (Å²) < 4.78 is 33.2. The van der Waals surface area contributed by atoms with E-state index in [4.69, 9.17) is 21.1 Å². The van der Waals surface area contributed by atoms with E-state index in [1.54, 1.807) is 32.3 Å². The van der Waals surface area contributed by atoms with Crippen molar-refractivity contribution in [2.75, 3.05) is 57.5 Å². The summed E-state index contributed by atoms with van der Waals surface area (Å²) in [4.78, 5) is 44.2. The smallest absolute Gasteiger partial charge is 0.409 e. The second kappa shape index (κ2) is 14.5. The molecule has 0 radical (unpaired) electrons. The topological polar surface area (TPSA) is 141 Å². The molecule has 5 aliphatic rings. The maximum Gasteiger partial charge on any atom is 0.409 e. The van der Waals surface area contributed by atoms with Crippen LogP contribution in [0, 0.1) is 17.8 Å². The number of rotatable bonds is 2. The van der Waals surface area contributed by atoms with Gasteiger partial charge in [-0.3, -0.25) is 9.52 Å². The van der Waals surface area contributed by atoms with Gasteiger partial charge in [0.05, 0.1) is 37.2 Å². The molecule has 280 valence electrons. The van der Waals surface area contributed by atoms with Crippen LogP contribution >= 0.6 is 11.6 Å². The van der Waals surface area contributed by atoms with E-state index in [-0.39, 0.29) is 47.6 Å². The molecule has 6 atom stereocenters. The average Bonchev–Trinajstić information content (AvgIpc) is 3.20. The minimum Gasteiger partial charge on any atom is -0.490 e. The Labute approximate surface area is 310 Å². The van der Waals surface area contributed by atoms with Crippen molar-refractivity contribution in [3.8, 4) is 5.75 Å². The first-order valence-corrected chi connectivity index (χ1v) is 20.3. The molecule has 0 unspecified atom stereocenters. The number of benzene rings is 2. The van der Waals surface area contributed by atoms with Gasteiger partial charge in [-0.05, 0) is 97.7 Å². The third kappa shape index (κ3) is 7.49. The van der Waals surface area contributed by atoms with Gasteiger partial charge in [0.15, 0.2) is 0 Å². The van der Waals surface area contributed by atoms with Gasteiger partial charge in [-0.15, -0.1) is 4.36 Å². The number of aryl methyl sites for hydroxylation is 1. The lowest BCUT2D eigenvalue weighted by molar-refractivity contribution is -0.00248. The molecule has 2 aliphatic carbocycles. The number of ether oxygens (including phenoxy) is 2. The number of nitrogens with zero attached hydrogens (tertiary/aromatic N) is 4. The van der Waals surface area contributed by atoms with E-state index in [1.807, 2.05) is 25.1 Å². The number of aliphatic hydroxyl groups is 1. The van der Waals surface area contributed by atoms with Gasteiger partial charge in [-0.2, -0.15) is 0 Å². The molecule has 2 aromatic carbocycles. The lowest BCUT2D eigenvalue weighted by Gasteiger charge is -2.45. The number of hydrogen-bond acceptors (Lipinski definition) is 8. The van der Waals surface area contributed by atoms with Crippen LogP contribution in [0.15, 0.2) is 52.9 Å². The molecule has 2 N–H and O–H groups in total. The highest BCUT2D eigenvalue weighted by atomic mass is 35.5. The molecule has 3 aliphatic heterocycles. The Morgan fingerprint density at radius 1 is 1.15 bits per heavy atom. The molecular formula is C38H48ClN5O7S. The molecule has 0 aromatic heterocycles. The molecule has 2 bridgehead atoms. The molecule has 7 rings (SSSR count). The maximum atomic E-state index is 14.4. The summed E-state index contributed by atoms with van der Waals surface area (Å²) in [5.41, 5.74) is 3.15. The zero-order valence-electron chi connectivity index (χ0n) is 30.0. The molecule has 2 fully saturated rings. The van der Waals surface area contributed by atoms with Crippen LogP contribution in [-0.4, -0.2) is 102 Å². The number of halogens is 1. The number of allylic oxidation sites excluding steroid dienone is 1. The Bertz CT molecular complexity index is 1890. The number of likely N-dealkylation sites (tertiary alicyclic amines) is 1. The fourth-order valence-electron chi connectivity index (χ4n) is 8.26. The number of anilines is 1. The zero-order valence-corrected chi connectivity index (χ0v) is 31.5. The van der Waals surface area contributed by atoms with E-state index in [1.165, 1.54) is 20.9 Å². The predicted octanol–water partition coefficient (Wildman–Crippen LogP) is 5.41. The summed E-state index contributed by atoms with van der Waals surface area (Å²) in [5, 5.41) is 12.0. The third-order valence-electron chi connectivity index (χ3n) is 11.3. The van der Waals surface area contributed by atoms with Gasteiger partial charge in [0.2, 0.25) is 0 Å². The van der Waals surface area contributed by atoms with Gasteiger partial charge in [-0.1, -0.05) is 36.7 Å². The maximum absolute atomic E-state index is 14.4. The summed E-state index contributed by atoms with van der Waals surface area (Å²) in [7, 11) is -0.449. The van der Waals surface area contributed by atoms with E-state index in [9.17, 15) is 23.7 Å². The largest absolute Gasteiger partial charge is 0.490 e. The number of aliphatic hydroxyl groups excluding tert-OH is 1. The van der Waals surface area contributed by atoms with Crippen molar-refractivity contribution in [3.63, 3.8) is 0 Å². The number of fused-ring (bicyclic) bond motifs is 4. The molecule has 12 nitrogen and oxygen atoms in total. The van der Waals surface area contributed by atoms with Crippen molar-refractivity contribution < 1.29 is 33.2 Å². The van der Waals surface area contributed by atoms with Gasteiger partial charge in [-0.25, -0.2) is 13.8 Å². The van der Waals surface area contributed by atoms with Gasteiger partial charge in [0.1, 0.15) is 21.8 Å². The first-order chi connectivity index (χ1) is 24.8. The first kappa shape index (κ1) is 36.5. The summed E-state index contributed by atoms with van der Waals surface area (Å²) in [5.74, 6) is -0.0261. The molecule has 1 saturated heterocycles. The van der Waals surface area contributed by atoms with Crippen LogP contribution in [0.25, 0.3) is 0 Å². The fourth-order valence-corrected chi connectivity index (χ4v) is 10.3. The Morgan fingerprint density at radius 2 is 1.96 bits per heavy atom. The van der Waals surface area contributed by atoms with Gasteiger partial charge in [0.25, 0.3) is 5.91 Å². The normalized spacial score (nSPS) is 31.0. The Kier molecular flexibility index (Phi) is 10.2. The number of hydrogen-bond donors (Lipinski definition) is 2. The Morgan fingerprint density at radius 3 is 2.71 bits per heavy atom. The fraction of sp³-hybridized carbons (Fsp3) is 0.553. The Hall–Kier alpha value is -3.81. The van der Waals surface area contributed by atoms with E-state index in [0.29, 0.717) is 36.9 Å². The van der Waals surface area contributed by atoms with Crippen molar-refractivity contribution >= 4 is 45.2 Å². The van der Waals surface area contributed by atoms with Crippen LogP contribution in [0.2, 0.25) is 5.02 Å². The molecule has 52 heavy (non-hydrogen) atoms. The van der Waals surface area contributed by atoms with Gasteiger partial charge in [0, 0.05) is 43.2 Å². The first-order valence-electron chi connectivity index (χ1n) is 18.2. The lowest BCUT2D eigenvalue weighted by atomic mass is 9.68. The van der Waals surface area contributed by atoms with Gasteiger partial charge < -0.3 is 29.3 Å². The molecule has 3 heterocycles. The lowest BCUT2D eigenvalue weighted by Crippen LogP contribution is -2.59. The highest BCUT2D eigenvalue weighted by Crippen LogP contribution is 2.47. The minimum absolute atomic E-state index is 0.0734. The quantitative estimate of drug-likeness (QED) is 0.388. The monoisotopic (exact) mass is 753 g/mol. The van der Waals surface area contributed by atoms with Crippen molar-refractivity contribution in [3.05, 3.63) is 70.3 Å².